The van der Waals surface area contributed by atoms with E-state index in [4.69, 9.17) is 11.6 Å². The molecule has 1 aromatic heterocycles. The number of phenolic OH excluding ortho intramolecular Hbond substituents is 1. The van der Waals surface area contributed by atoms with E-state index in [-0.39, 0.29) is 5.75 Å². The minimum absolute atomic E-state index is 0.0610. The fraction of sp³-hybridized carbons (Fsp3) is 0. The van der Waals surface area contributed by atoms with Gasteiger partial charge in [-0.25, -0.2) is 0 Å². The second kappa shape index (κ2) is 3.01. The van der Waals surface area contributed by atoms with Crippen molar-refractivity contribution in [3.05, 3.63) is 28.1 Å². The highest BCUT2D eigenvalue weighted by atomic mass is 35.5. The molecule has 0 unspecified atom stereocenters. The molecule has 0 bridgehead atoms. The van der Waals surface area contributed by atoms with Crippen molar-refractivity contribution >= 4 is 39.3 Å². The van der Waals surface area contributed by atoms with E-state index in [9.17, 15) is 9.90 Å². The number of phenols is 1. The maximum absolute atomic E-state index is 10.5. The first-order valence-corrected chi connectivity index (χ1v) is 4.83. The number of hydrogen-bond donors (Lipinski definition) is 1. The van der Waals surface area contributed by atoms with Crippen molar-refractivity contribution in [1.82, 2.24) is 0 Å². The molecule has 2 rings (SSSR count). The second-order valence-electron chi connectivity index (χ2n) is 2.61. The topological polar surface area (TPSA) is 37.3 Å². The average Bonchev–Trinajstić information content (AvgIpc) is 2.48. The lowest BCUT2D eigenvalue weighted by atomic mass is 10.2. The Morgan fingerprint density at radius 2 is 2.23 bits per heavy atom. The van der Waals surface area contributed by atoms with Crippen molar-refractivity contribution in [2.45, 2.75) is 0 Å². The Kier molecular flexibility index (Phi) is 1.98. The second-order valence-corrected chi connectivity index (χ2v) is 3.93. The van der Waals surface area contributed by atoms with Crippen LogP contribution in [0.2, 0.25) is 5.02 Å². The van der Waals surface area contributed by atoms with Gasteiger partial charge in [-0.05, 0) is 12.1 Å². The molecule has 0 radical (unpaired) electrons. The van der Waals surface area contributed by atoms with Gasteiger partial charge < -0.3 is 5.11 Å². The number of carbonyl (C=O) groups excluding carboxylic acids is 1. The van der Waals surface area contributed by atoms with E-state index in [1.54, 1.807) is 11.4 Å². The molecule has 0 aliphatic heterocycles. The fourth-order valence-electron chi connectivity index (χ4n) is 1.20. The van der Waals surface area contributed by atoms with Crippen LogP contribution in [0.1, 0.15) is 10.4 Å². The maximum Gasteiger partial charge on any atom is 0.150 e. The van der Waals surface area contributed by atoms with E-state index in [2.05, 4.69) is 0 Å². The van der Waals surface area contributed by atoms with Gasteiger partial charge in [-0.3, -0.25) is 4.79 Å². The zero-order valence-corrected chi connectivity index (χ0v) is 8.02. The molecule has 13 heavy (non-hydrogen) atoms. The molecule has 0 atom stereocenters. The highest BCUT2D eigenvalue weighted by Crippen LogP contribution is 2.36. The minimum atomic E-state index is 0.0610. The van der Waals surface area contributed by atoms with Gasteiger partial charge in [-0.2, -0.15) is 0 Å². The van der Waals surface area contributed by atoms with Crippen LogP contribution in [-0.2, 0) is 0 Å². The normalized spacial score (nSPS) is 10.5. The molecule has 0 aliphatic carbocycles. The molecule has 1 aromatic carbocycles. The Hall–Kier alpha value is -1.06. The number of carbonyl (C=O) groups is 1. The van der Waals surface area contributed by atoms with E-state index in [0.29, 0.717) is 22.3 Å². The molecule has 4 heteroatoms. The Morgan fingerprint density at radius 3 is 2.92 bits per heavy atom. The van der Waals surface area contributed by atoms with E-state index in [1.807, 2.05) is 0 Å². The molecule has 66 valence electrons. The number of fused-ring (bicyclic) bond motifs is 1. The van der Waals surface area contributed by atoms with Crippen LogP contribution in [0.25, 0.3) is 10.1 Å². The van der Waals surface area contributed by atoms with Crippen molar-refractivity contribution in [2.75, 3.05) is 0 Å². The van der Waals surface area contributed by atoms with E-state index in [1.165, 1.54) is 17.4 Å². The van der Waals surface area contributed by atoms with E-state index >= 15 is 0 Å². The summed E-state index contributed by atoms with van der Waals surface area (Å²) < 4.78 is 0.826. The van der Waals surface area contributed by atoms with Crippen LogP contribution in [0.4, 0.5) is 0 Å². The first kappa shape index (κ1) is 8.53. The molecule has 0 fully saturated rings. The number of rotatable bonds is 1. The number of aldehydes is 1. The third-order valence-corrected chi connectivity index (χ3v) is 3.12. The first-order chi connectivity index (χ1) is 6.22. The summed E-state index contributed by atoms with van der Waals surface area (Å²) >= 11 is 7.24. The zero-order valence-electron chi connectivity index (χ0n) is 6.45. The molecule has 0 spiro atoms. The lowest BCUT2D eigenvalue weighted by Crippen LogP contribution is -1.78. The lowest BCUT2D eigenvalue weighted by Gasteiger charge is -1.96. The van der Waals surface area contributed by atoms with Crippen molar-refractivity contribution in [3.63, 3.8) is 0 Å². The zero-order chi connectivity index (χ0) is 9.42. The molecule has 0 aliphatic rings. The third kappa shape index (κ3) is 1.30. The molecule has 0 amide bonds. The molecule has 1 heterocycles. The van der Waals surface area contributed by atoms with Crippen LogP contribution >= 0.6 is 22.9 Å². The van der Waals surface area contributed by atoms with Crippen LogP contribution in [0.5, 0.6) is 5.75 Å². The molecule has 0 saturated heterocycles. The maximum atomic E-state index is 10.5. The Labute approximate surface area is 83.4 Å². The van der Waals surface area contributed by atoms with Gasteiger partial charge in [0.1, 0.15) is 12.0 Å². The first-order valence-electron chi connectivity index (χ1n) is 3.57. The van der Waals surface area contributed by atoms with Crippen LogP contribution in [0, 0.1) is 0 Å². The number of aromatic hydroxyl groups is 1. The predicted octanol–water partition coefficient (Wildman–Crippen LogP) is 3.07. The molecule has 2 aromatic rings. The van der Waals surface area contributed by atoms with Crippen LogP contribution in [0.15, 0.2) is 17.5 Å². The van der Waals surface area contributed by atoms with Crippen LogP contribution < -0.4 is 0 Å². The lowest BCUT2D eigenvalue weighted by molar-refractivity contribution is 0.112. The summed E-state index contributed by atoms with van der Waals surface area (Å²) in [6, 6.07) is 3.12. The largest absolute Gasteiger partial charge is 0.507 e. The van der Waals surface area contributed by atoms with Crippen molar-refractivity contribution in [2.24, 2.45) is 0 Å². The van der Waals surface area contributed by atoms with Gasteiger partial charge in [0.25, 0.3) is 0 Å². The van der Waals surface area contributed by atoms with Gasteiger partial charge >= 0.3 is 0 Å². The van der Waals surface area contributed by atoms with Crippen LogP contribution in [0.3, 0.4) is 0 Å². The van der Waals surface area contributed by atoms with Gasteiger partial charge in [0.2, 0.25) is 0 Å². The van der Waals surface area contributed by atoms with Gasteiger partial charge in [0, 0.05) is 15.6 Å². The van der Waals surface area contributed by atoms with Gasteiger partial charge in [0.15, 0.2) is 0 Å². The summed E-state index contributed by atoms with van der Waals surface area (Å²) in [5.41, 5.74) is 0.462. The quantitative estimate of drug-likeness (QED) is 0.738. The predicted molar refractivity (Wildman–Crippen MR) is 53.9 cm³/mol. The standard InChI is InChI=1S/C9H5ClO2S/c10-6-4-13-8-2-5(3-11)1-7(12)9(6)8/h1-4,12H. The van der Waals surface area contributed by atoms with E-state index < -0.39 is 0 Å². The van der Waals surface area contributed by atoms with Gasteiger partial charge in [0.05, 0.1) is 10.4 Å². The minimum Gasteiger partial charge on any atom is -0.507 e. The molecule has 2 nitrogen and oxygen atoms in total. The van der Waals surface area contributed by atoms with Crippen molar-refractivity contribution in [1.29, 1.82) is 0 Å². The number of halogens is 1. The Bertz CT molecular complexity index is 476. The van der Waals surface area contributed by atoms with Gasteiger partial charge in [-0.1, -0.05) is 11.6 Å². The number of hydrogen-bond acceptors (Lipinski definition) is 3. The Morgan fingerprint density at radius 1 is 1.46 bits per heavy atom. The monoisotopic (exact) mass is 212 g/mol. The summed E-state index contributed by atoms with van der Waals surface area (Å²) in [6.07, 6.45) is 0.701. The van der Waals surface area contributed by atoms with Gasteiger partial charge in [-0.15, -0.1) is 11.3 Å². The fourth-order valence-corrected chi connectivity index (χ4v) is 2.47. The summed E-state index contributed by atoms with van der Waals surface area (Å²) in [5.74, 6) is 0.0610. The smallest absolute Gasteiger partial charge is 0.150 e. The molecule has 0 saturated carbocycles. The molecular formula is C9H5ClO2S. The molecular weight excluding hydrogens is 208 g/mol. The third-order valence-electron chi connectivity index (χ3n) is 1.77. The summed E-state index contributed by atoms with van der Waals surface area (Å²) in [7, 11) is 0. The summed E-state index contributed by atoms with van der Waals surface area (Å²) in [4.78, 5) is 10.5. The van der Waals surface area contributed by atoms with Crippen molar-refractivity contribution in [3.8, 4) is 5.75 Å². The summed E-state index contributed by atoms with van der Waals surface area (Å²) in [6.45, 7) is 0. The highest BCUT2D eigenvalue weighted by Gasteiger charge is 2.08. The van der Waals surface area contributed by atoms with E-state index in [0.717, 1.165) is 4.70 Å². The summed E-state index contributed by atoms with van der Waals surface area (Å²) in [5, 5.41) is 12.4. The number of thiophene rings is 1. The highest BCUT2D eigenvalue weighted by molar-refractivity contribution is 7.18. The Balaban J connectivity index is 2.86. The van der Waals surface area contributed by atoms with Crippen LogP contribution in [-0.4, -0.2) is 11.4 Å². The average molecular weight is 213 g/mol. The SMILES string of the molecule is O=Cc1cc(O)c2c(Cl)csc2c1. The number of benzene rings is 1. The van der Waals surface area contributed by atoms with Crippen molar-refractivity contribution < 1.29 is 9.90 Å². The molecule has 1 N–H and O–H groups in total.